The Morgan fingerprint density at radius 3 is 2.50 bits per heavy atom. The van der Waals surface area contributed by atoms with Crippen LogP contribution >= 0.6 is 0 Å². The van der Waals surface area contributed by atoms with Gasteiger partial charge in [0, 0.05) is 46.9 Å². The number of phenols is 1. The lowest BCUT2D eigenvalue weighted by Crippen LogP contribution is -2.53. The van der Waals surface area contributed by atoms with E-state index < -0.39 is 30.2 Å². The van der Waals surface area contributed by atoms with Gasteiger partial charge in [0.2, 0.25) is 0 Å². The van der Waals surface area contributed by atoms with Crippen LogP contribution in [0.5, 0.6) is 5.75 Å². The number of anilines is 1. The first-order valence-electron chi connectivity index (χ1n) is 11.3. The molecule has 4 aromatic rings. The average Bonchev–Trinajstić information content (AvgIpc) is 2.82. The first-order chi connectivity index (χ1) is 16.9. The molecule has 2 heterocycles. The molecule has 0 aliphatic heterocycles. The lowest BCUT2D eigenvalue weighted by molar-refractivity contribution is -0.260. The van der Waals surface area contributed by atoms with Gasteiger partial charge in [-0.15, -0.1) is 0 Å². The number of aromatic hydroxyl groups is 1. The van der Waals surface area contributed by atoms with E-state index in [0.29, 0.717) is 22.2 Å². The van der Waals surface area contributed by atoms with Crippen LogP contribution in [0.4, 0.5) is 18.9 Å². The Labute approximate surface area is 205 Å². The average molecular weight is 498 g/mol. The number of hydrogen-bond donors (Lipinski definition) is 4. The van der Waals surface area contributed by atoms with Gasteiger partial charge in [-0.2, -0.15) is 13.2 Å². The third-order valence-electron chi connectivity index (χ3n) is 6.33. The van der Waals surface area contributed by atoms with E-state index in [1.54, 1.807) is 44.4 Å². The summed E-state index contributed by atoms with van der Waals surface area (Å²) in [6, 6.07) is 14.1. The van der Waals surface area contributed by atoms with Crippen molar-refractivity contribution in [2.75, 3.05) is 11.9 Å². The van der Waals surface area contributed by atoms with E-state index in [1.165, 1.54) is 36.5 Å². The number of nitrogens with one attached hydrogen (secondary N) is 2. The number of aliphatic hydroxyl groups is 1. The number of fused-ring (bicyclic) bond motifs is 1. The Morgan fingerprint density at radius 1 is 1.03 bits per heavy atom. The molecule has 1 unspecified atom stereocenters. The minimum absolute atomic E-state index is 0.163. The molecule has 0 fully saturated rings. The van der Waals surface area contributed by atoms with Gasteiger partial charge in [-0.25, -0.2) is 0 Å². The second-order valence-corrected chi connectivity index (χ2v) is 9.52. The predicted molar refractivity (Wildman–Crippen MR) is 133 cm³/mol. The number of phenolic OH excluding ortho intramolecular Hbond substituents is 1. The summed E-state index contributed by atoms with van der Waals surface area (Å²) in [5, 5.41) is 24.5. The lowest BCUT2D eigenvalue weighted by Gasteiger charge is -2.38. The molecule has 0 aliphatic carbocycles. The fourth-order valence-corrected chi connectivity index (χ4v) is 4.41. The van der Waals surface area contributed by atoms with Crippen LogP contribution in [0.2, 0.25) is 0 Å². The highest BCUT2D eigenvalue weighted by molar-refractivity contribution is 5.81. The zero-order valence-electron chi connectivity index (χ0n) is 19.7. The summed E-state index contributed by atoms with van der Waals surface area (Å²) in [4.78, 5) is 18.9. The standard InChI is InChI=1S/C27H26F3N3O3/c1-25(2,21-12-17(5-8-24(21)35)18-4-3-10-31-14-18)15-26(36,27(28,29)30)16-33-19-6-7-20-22(13-19)32-11-9-23(20)34/h3-14,33,35-36H,15-16H2,1-2H3,(H,32,34). The quantitative estimate of drug-likeness (QED) is 0.275. The summed E-state index contributed by atoms with van der Waals surface area (Å²) >= 11 is 0. The number of rotatable bonds is 7. The minimum Gasteiger partial charge on any atom is -0.508 e. The summed E-state index contributed by atoms with van der Waals surface area (Å²) in [6.45, 7) is 2.27. The summed E-state index contributed by atoms with van der Waals surface area (Å²) in [6.07, 6.45) is -0.993. The van der Waals surface area contributed by atoms with E-state index in [9.17, 15) is 28.2 Å². The van der Waals surface area contributed by atoms with Crippen molar-refractivity contribution in [2.24, 2.45) is 0 Å². The third-order valence-corrected chi connectivity index (χ3v) is 6.33. The molecule has 4 N–H and O–H groups in total. The number of aromatic amines is 1. The Kier molecular flexibility index (Phi) is 6.53. The van der Waals surface area contributed by atoms with Gasteiger partial charge >= 0.3 is 6.18 Å². The first-order valence-corrected chi connectivity index (χ1v) is 11.3. The van der Waals surface area contributed by atoms with Gasteiger partial charge in [-0.1, -0.05) is 26.0 Å². The number of alkyl halides is 3. The van der Waals surface area contributed by atoms with Crippen molar-refractivity contribution in [1.29, 1.82) is 0 Å². The topological polar surface area (TPSA) is 98.2 Å². The maximum atomic E-state index is 14.2. The van der Waals surface area contributed by atoms with E-state index in [4.69, 9.17) is 0 Å². The number of benzene rings is 2. The van der Waals surface area contributed by atoms with Gasteiger partial charge in [0.15, 0.2) is 11.0 Å². The van der Waals surface area contributed by atoms with E-state index in [1.807, 2.05) is 6.07 Å². The molecule has 2 aromatic heterocycles. The molecule has 2 aromatic carbocycles. The van der Waals surface area contributed by atoms with E-state index in [0.717, 1.165) is 5.56 Å². The maximum absolute atomic E-state index is 14.2. The number of nitrogens with zero attached hydrogens (tertiary/aromatic N) is 1. The van der Waals surface area contributed by atoms with Crippen LogP contribution in [0, 0.1) is 0 Å². The highest BCUT2D eigenvalue weighted by atomic mass is 19.4. The minimum atomic E-state index is -4.96. The molecule has 0 aliphatic rings. The maximum Gasteiger partial charge on any atom is 0.418 e. The first kappa shape index (κ1) is 25.2. The zero-order chi connectivity index (χ0) is 26.1. The van der Waals surface area contributed by atoms with Crippen LogP contribution in [0.15, 0.2) is 78.0 Å². The SMILES string of the molecule is CC(C)(CC(O)(CNc1ccc2c(=O)cc[nH]c2c1)C(F)(F)F)c1cc(-c2cccnc2)ccc1O. The van der Waals surface area contributed by atoms with Crippen molar-refractivity contribution in [3.63, 3.8) is 0 Å². The summed E-state index contributed by atoms with van der Waals surface area (Å²) in [7, 11) is 0. The molecule has 4 rings (SSSR count). The number of halogens is 3. The normalized spacial score (nSPS) is 13.9. The number of pyridine rings is 2. The fraction of sp³-hybridized carbons (Fsp3) is 0.259. The molecular formula is C27H26F3N3O3. The van der Waals surface area contributed by atoms with Crippen LogP contribution in [0.3, 0.4) is 0 Å². The van der Waals surface area contributed by atoms with Gasteiger partial charge in [-0.3, -0.25) is 9.78 Å². The molecule has 9 heteroatoms. The van der Waals surface area contributed by atoms with Crippen molar-refractivity contribution < 1.29 is 23.4 Å². The fourth-order valence-electron chi connectivity index (χ4n) is 4.41. The Balaban J connectivity index is 1.63. The van der Waals surface area contributed by atoms with Crippen molar-refractivity contribution in [3.8, 4) is 16.9 Å². The van der Waals surface area contributed by atoms with Gasteiger partial charge in [0.25, 0.3) is 0 Å². The predicted octanol–water partition coefficient (Wildman–Crippen LogP) is 5.37. The van der Waals surface area contributed by atoms with Crippen molar-refractivity contribution in [2.45, 2.75) is 37.5 Å². The number of hydrogen-bond acceptors (Lipinski definition) is 5. The Hall–Kier alpha value is -3.85. The molecular weight excluding hydrogens is 471 g/mol. The molecule has 0 saturated carbocycles. The van der Waals surface area contributed by atoms with E-state index in [-0.39, 0.29) is 16.7 Å². The number of aromatic nitrogens is 2. The lowest BCUT2D eigenvalue weighted by atomic mass is 9.74. The third kappa shape index (κ3) is 5.06. The van der Waals surface area contributed by atoms with Crippen molar-refractivity contribution in [3.05, 3.63) is 89.0 Å². The van der Waals surface area contributed by atoms with Crippen molar-refractivity contribution >= 4 is 16.6 Å². The zero-order valence-corrected chi connectivity index (χ0v) is 19.7. The molecule has 1 atom stereocenters. The monoisotopic (exact) mass is 497 g/mol. The second kappa shape index (κ2) is 9.31. The van der Waals surface area contributed by atoms with E-state index >= 15 is 0 Å². The van der Waals surface area contributed by atoms with Crippen LogP contribution in [0.1, 0.15) is 25.8 Å². The van der Waals surface area contributed by atoms with Gasteiger partial charge < -0.3 is 20.5 Å². The molecule has 0 bridgehead atoms. The molecule has 36 heavy (non-hydrogen) atoms. The molecule has 0 radical (unpaired) electrons. The largest absolute Gasteiger partial charge is 0.508 e. The molecule has 0 saturated heterocycles. The summed E-state index contributed by atoms with van der Waals surface area (Å²) < 4.78 is 42.6. The van der Waals surface area contributed by atoms with Crippen LogP contribution in [-0.2, 0) is 5.41 Å². The number of H-pyrrole nitrogens is 1. The Bertz CT molecular complexity index is 1440. The second-order valence-electron chi connectivity index (χ2n) is 9.52. The molecule has 188 valence electrons. The Morgan fingerprint density at radius 2 is 1.81 bits per heavy atom. The van der Waals surface area contributed by atoms with Crippen LogP contribution in [0.25, 0.3) is 22.0 Å². The summed E-state index contributed by atoms with van der Waals surface area (Å²) in [5.74, 6) is -0.163. The van der Waals surface area contributed by atoms with Gasteiger partial charge in [0.1, 0.15) is 5.75 Å². The molecule has 0 spiro atoms. The molecule has 6 nitrogen and oxygen atoms in total. The van der Waals surface area contributed by atoms with Crippen LogP contribution in [-0.4, -0.2) is 38.5 Å². The highest BCUT2D eigenvalue weighted by Crippen LogP contribution is 2.44. The van der Waals surface area contributed by atoms with Gasteiger partial charge in [0.05, 0.1) is 12.1 Å². The van der Waals surface area contributed by atoms with Crippen molar-refractivity contribution in [1.82, 2.24) is 9.97 Å². The highest BCUT2D eigenvalue weighted by Gasteiger charge is 2.56. The van der Waals surface area contributed by atoms with Crippen LogP contribution < -0.4 is 10.7 Å². The van der Waals surface area contributed by atoms with E-state index in [2.05, 4.69) is 15.3 Å². The molecule has 0 amide bonds. The van der Waals surface area contributed by atoms with Gasteiger partial charge in [-0.05, 0) is 53.8 Å². The smallest absolute Gasteiger partial charge is 0.418 e. The summed E-state index contributed by atoms with van der Waals surface area (Å²) in [5.41, 5.74) is -2.12.